The minimum atomic E-state index is -0.609. The van der Waals surface area contributed by atoms with E-state index >= 15 is 0 Å². The summed E-state index contributed by atoms with van der Waals surface area (Å²) in [7, 11) is 0. The van der Waals surface area contributed by atoms with Crippen LogP contribution in [-0.2, 0) is 14.3 Å². The molecular formula is C18H14BrNO5. The van der Waals surface area contributed by atoms with Crippen LogP contribution in [0.2, 0.25) is 0 Å². The standard InChI is InChI=1S/C18H14BrNO5/c19-13-2-1-3-14(9-13)20-17(21)10-23-18(22)7-5-12-4-6-15-16(8-12)25-11-24-15/h1-9H,10-11H2,(H,20,21). The molecule has 1 aliphatic rings. The van der Waals surface area contributed by atoms with Gasteiger partial charge in [-0.05, 0) is 42.0 Å². The van der Waals surface area contributed by atoms with Crippen molar-refractivity contribution in [3.63, 3.8) is 0 Å². The van der Waals surface area contributed by atoms with Crippen LogP contribution >= 0.6 is 15.9 Å². The van der Waals surface area contributed by atoms with E-state index in [1.54, 1.807) is 42.5 Å². The van der Waals surface area contributed by atoms with Crippen molar-refractivity contribution in [1.82, 2.24) is 0 Å². The summed E-state index contributed by atoms with van der Waals surface area (Å²) >= 11 is 3.31. The predicted molar refractivity (Wildman–Crippen MR) is 95.3 cm³/mol. The largest absolute Gasteiger partial charge is 0.454 e. The normalized spacial score (nSPS) is 12.2. The van der Waals surface area contributed by atoms with Gasteiger partial charge in [-0.15, -0.1) is 0 Å². The van der Waals surface area contributed by atoms with Crippen LogP contribution in [0.4, 0.5) is 5.69 Å². The molecule has 2 aromatic carbocycles. The van der Waals surface area contributed by atoms with E-state index in [0.717, 1.165) is 10.0 Å². The summed E-state index contributed by atoms with van der Waals surface area (Å²) in [6, 6.07) is 12.4. The van der Waals surface area contributed by atoms with Crippen LogP contribution in [0.15, 0.2) is 53.0 Å². The zero-order chi connectivity index (χ0) is 17.6. The van der Waals surface area contributed by atoms with Gasteiger partial charge in [0.05, 0.1) is 0 Å². The lowest BCUT2D eigenvalue weighted by atomic mass is 10.2. The van der Waals surface area contributed by atoms with Crippen molar-refractivity contribution in [3.05, 3.63) is 58.6 Å². The van der Waals surface area contributed by atoms with Crippen LogP contribution in [-0.4, -0.2) is 25.3 Å². The maximum Gasteiger partial charge on any atom is 0.331 e. The van der Waals surface area contributed by atoms with Crippen LogP contribution in [0.3, 0.4) is 0 Å². The minimum absolute atomic E-state index is 0.192. The van der Waals surface area contributed by atoms with Gasteiger partial charge in [-0.2, -0.15) is 0 Å². The van der Waals surface area contributed by atoms with Crippen molar-refractivity contribution >= 4 is 39.6 Å². The molecule has 0 unspecified atom stereocenters. The van der Waals surface area contributed by atoms with Crippen LogP contribution in [0.25, 0.3) is 6.08 Å². The van der Waals surface area contributed by atoms with Gasteiger partial charge in [0.15, 0.2) is 18.1 Å². The van der Waals surface area contributed by atoms with Gasteiger partial charge in [-0.25, -0.2) is 4.79 Å². The fourth-order valence-electron chi connectivity index (χ4n) is 2.13. The average Bonchev–Trinajstić information content (AvgIpc) is 3.06. The van der Waals surface area contributed by atoms with E-state index in [4.69, 9.17) is 14.2 Å². The van der Waals surface area contributed by atoms with E-state index in [0.29, 0.717) is 17.2 Å². The van der Waals surface area contributed by atoms with E-state index in [1.165, 1.54) is 6.08 Å². The van der Waals surface area contributed by atoms with Gasteiger partial charge in [0, 0.05) is 16.2 Å². The highest BCUT2D eigenvalue weighted by molar-refractivity contribution is 9.10. The number of halogens is 1. The fraction of sp³-hybridized carbons (Fsp3) is 0.111. The number of rotatable bonds is 5. The summed E-state index contributed by atoms with van der Waals surface area (Å²) in [6.07, 6.45) is 2.83. The highest BCUT2D eigenvalue weighted by atomic mass is 79.9. The number of hydrogen-bond donors (Lipinski definition) is 1. The Morgan fingerprint density at radius 1 is 1.16 bits per heavy atom. The van der Waals surface area contributed by atoms with Crippen molar-refractivity contribution in [1.29, 1.82) is 0 Å². The first-order chi connectivity index (χ1) is 12.1. The Labute approximate surface area is 152 Å². The number of carbonyl (C=O) groups is 2. The third kappa shape index (κ3) is 4.84. The second-order valence-electron chi connectivity index (χ2n) is 5.11. The number of nitrogens with one attached hydrogen (secondary N) is 1. The smallest absolute Gasteiger partial charge is 0.331 e. The van der Waals surface area contributed by atoms with E-state index in [9.17, 15) is 9.59 Å². The van der Waals surface area contributed by atoms with Gasteiger partial charge in [-0.1, -0.05) is 28.1 Å². The van der Waals surface area contributed by atoms with Crippen molar-refractivity contribution in [3.8, 4) is 11.5 Å². The summed E-state index contributed by atoms with van der Waals surface area (Å²) in [6.45, 7) is -0.172. The summed E-state index contributed by atoms with van der Waals surface area (Å²) in [5.74, 6) is 0.276. The van der Waals surface area contributed by atoms with E-state index in [1.807, 2.05) is 6.07 Å². The Kier molecular flexibility index (Phi) is 5.35. The summed E-state index contributed by atoms with van der Waals surface area (Å²) in [5.41, 5.74) is 1.38. The van der Waals surface area contributed by atoms with Gasteiger partial charge in [-0.3, -0.25) is 4.79 Å². The molecule has 0 atom stereocenters. The highest BCUT2D eigenvalue weighted by Crippen LogP contribution is 2.32. The van der Waals surface area contributed by atoms with E-state index < -0.39 is 11.9 Å². The second-order valence-corrected chi connectivity index (χ2v) is 6.03. The first-order valence-electron chi connectivity index (χ1n) is 7.40. The molecule has 0 saturated heterocycles. The Morgan fingerprint density at radius 3 is 2.84 bits per heavy atom. The predicted octanol–water partition coefficient (Wildman–Crippen LogP) is 3.37. The molecule has 3 rings (SSSR count). The number of ether oxygens (including phenoxy) is 3. The first-order valence-corrected chi connectivity index (χ1v) is 8.19. The van der Waals surface area contributed by atoms with Crippen LogP contribution in [0, 0.1) is 0 Å². The Balaban J connectivity index is 1.48. The van der Waals surface area contributed by atoms with Crippen LogP contribution in [0.5, 0.6) is 11.5 Å². The maximum atomic E-state index is 11.8. The summed E-state index contributed by atoms with van der Waals surface area (Å²) in [5, 5.41) is 2.64. The van der Waals surface area contributed by atoms with Crippen LogP contribution in [0.1, 0.15) is 5.56 Å². The molecule has 0 aromatic heterocycles. The molecule has 0 bridgehead atoms. The van der Waals surface area contributed by atoms with Gasteiger partial charge >= 0.3 is 5.97 Å². The monoisotopic (exact) mass is 403 g/mol. The molecule has 1 aliphatic heterocycles. The first kappa shape index (κ1) is 17.0. The molecule has 7 heteroatoms. The quantitative estimate of drug-likeness (QED) is 0.611. The molecule has 25 heavy (non-hydrogen) atoms. The van der Waals surface area contributed by atoms with E-state index in [2.05, 4.69) is 21.2 Å². The lowest BCUT2D eigenvalue weighted by Crippen LogP contribution is -2.20. The molecule has 2 aromatic rings. The molecule has 6 nitrogen and oxygen atoms in total. The molecule has 0 spiro atoms. The van der Waals surface area contributed by atoms with Crippen molar-refractivity contribution in [2.24, 2.45) is 0 Å². The zero-order valence-electron chi connectivity index (χ0n) is 13.0. The lowest BCUT2D eigenvalue weighted by Gasteiger charge is -2.05. The van der Waals surface area contributed by atoms with Gasteiger partial charge < -0.3 is 19.5 Å². The third-order valence-electron chi connectivity index (χ3n) is 3.26. The molecule has 0 fully saturated rings. The van der Waals surface area contributed by atoms with Crippen molar-refractivity contribution < 1.29 is 23.8 Å². The van der Waals surface area contributed by atoms with E-state index in [-0.39, 0.29) is 13.4 Å². The van der Waals surface area contributed by atoms with Crippen LogP contribution < -0.4 is 14.8 Å². The second kappa shape index (κ2) is 7.85. The van der Waals surface area contributed by atoms with Crippen molar-refractivity contribution in [2.45, 2.75) is 0 Å². The molecular weight excluding hydrogens is 390 g/mol. The Hall–Kier alpha value is -2.80. The van der Waals surface area contributed by atoms with Gasteiger partial charge in [0.25, 0.3) is 5.91 Å². The highest BCUT2D eigenvalue weighted by Gasteiger charge is 2.12. The van der Waals surface area contributed by atoms with Gasteiger partial charge in [0.2, 0.25) is 6.79 Å². The number of hydrogen-bond acceptors (Lipinski definition) is 5. The molecule has 1 heterocycles. The molecule has 1 amide bonds. The lowest BCUT2D eigenvalue weighted by molar-refractivity contribution is -0.142. The number of anilines is 1. The maximum absolute atomic E-state index is 11.8. The number of benzene rings is 2. The van der Waals surface area contributed by atoms with Gasteiger partial charge in [0.1, 0.15) is 0 Å². The molecule has 0 aliphatic carbocycles. The SMILES string of the molecule is O=C(COC(=O)C=Cc1ccc2c(c1)OCO2)Nc1cccc(Br)c1. The van der Waals surface area contributed by atoms with Crippen molar-refractivity contribution in [2.75, 3.05) is 18.7 Å². The molecule has 1 N–H and O–H groups in total. The summed E-state index contributed by atoms with van der Waals surface area (Å²) < 4.78 is 16.2. The summed E-state index contributed by atoms with van der Waals surface area (Å²) in [4.78, 5) is 23.5. The number of fused-ring (bicyclic) bond motifs is 1. The number of esters is 1. The Bertz CT molecular complexity index is 834. The number of carbonyl (C=O) groups excluding carboxylic acids is 2. The average molecular weight is 404 g/mol. The molecule has 0 radical (unpaired) electrons. The topological polar surface area (TPSA) is 73.9 Å². The third-order valence-corrected chi connectivity index (χ3v) is 3.76. The zero-order valence-corrected chi connectivity index (χ0v) is 14.6. The fourth-order valence-corrected chi connectivity index (χ4v) is 2.53. The number of amides is 1. The minimum Gasteiger partial charge on any atom is -0.454 e. The molecule has 128 valence electrons. The molecule has 0 saturated carbocycles. The Morgan fingerprint density at radius 2 is 2.00 bits per heavy atom.